The third kappa shape index (κ3) is 5.92. The van der Waals surface area contributed by atoms with Gasteiger partial charge in [0.25, 0.3) is 0 Å². The Balaban J connectivity index is 0.941. The van der Waals surface area contributed by atoms with Crippen LogP contribution in [0, 0.1) is 23.7 Å². The van der Waals surface area contributed by atoms with Crippen molar-refractivity contribution in [2.75, 3.05) is 31.1 Å². The van der Waals surface area contributed by atoms with Crippen LogP contribution < -0.4 is 4.90 Å². The quantitative estimate of drug-likeness (QED) is 0.400. The maximum Gasteiger partial charge on any atom is 0.227 e. The van der Waals surface area contributed by atoms with E-state index in [0.29, 0.717) is 48.4 Å². The van der Waals surface area contributed by atoms with Crippen LogP contribution in [-0.2, 0) is 29.5 Å². The van der Waals surface area contributed by atoms with Crippen LogP contribution in [0.5, 0.6) is 0 Å². The number of aromatic nitrogens is 3. The first-order valence-corrected chi connectivity index (χ1v) is 15.1. The summed E-state index contributed by atoms with van der Waals surface area (Å²) in [5, 5.41) is 0.564. The molecule has 0 N–H and O–H groups in total. The largest absolute Gasteiger partial charge is 0.498 e. The minimum absolute atomic E-state index is 0.0101. The van der Waals surface area contributed by atoms with Crippen LogP contribution in [0.25, 0.3) is 0 Å². The number of carbonyl (C=O) groups excluding carboxylic acids is 1. The van der Waals surface area contributed by atoms with E-state index in [4.69, 9.17) is 16.3 Å². The number of hydrogen-bond acceptors (Lipinski definition) is 5. The molecule has 0 bridgehead atoms. The van der Waals surface area contributed by atoms with Gasteiger partial charge in [0.15, 0.2) is 0 Å². The fourth-order valence-corrected chi connectivity index (χ4v) is 7.01. The topological polar surface area (TPSA) is 63.5 Å². The molecule has 9 heteroatoms. The second kappa shape index (κ2) is 11.6. The highest BCUT2D eigenvalue weighted by atomic mass is 35.5. The maximum atomic E-state index is 15.0. The number of aryl methyl sites for hydroxylation is 1. The van der Waals surface area contributed by atoms with Gasteiger partial charge in [-0.25, -0.2) is 14.4 Å². The predicted octanol–water partition coefficient (Wildman–Crippen LogP) is 5.85. The molecule has 214 valence electrons. The van der Waals surface area contributed by atoms with Crippen molar-refractivity contribution in [3.63, 3.8) is 0 Å². The molecule has 6 rings (SSSR count). The van der Waals surface area contributed by atoms with Crippen LogP contribution in [0.1, 0.15) is 56.7 Å². The number of piperidine rings is 1. The van der Waals surface area contributed by atoms with Crippen LogP contribution in [0.15, 0.2) is 47.9 Å². The highest BCUT2D eigenvalue weighted by molar-refractivity contribution is 6.30. The van der Waals surface area contributed by atoms with Crippen molar-refractivity contribution in [1.29, 1.82) is 0 Å². The highest BCUT2D eigenvalue weighted by Gasteiger charge is 2.43. The summed E-state index contributed by atoms with van der Waals surface area (Å²) in [5.41, 5.74) is 3.08. The second-order valence-corrected chi connectivity index (χ2v) is 12.5. The van der Waals surface area contributed by atoms with Crippen molar-refractivity contribution in [3.8, 4) is 0 Å². The van der Waals surface area contributed by atoms with Gasteiger partial charge in [0.1, 0.15) is 11.6 Å². The van der Waals surface area contributed by atoms with Gasteiger partial charge in [-0.15, -0.1) is 0 Å². The third-order valence-corrected chi connectivity index (χ3v) is 9.60. The van der Waals surface area contributed by atoms with E-state index in [1.54, 1.807) is 12.4 Å². The number of allylic oxidation sites excluding steroid dienone is 3. The Labute approximate surface area is 241 Å². The van der Waals surface area contributed by atoms with Gasteiger partial charge in [-0.05, 0) is 67.1 Å². The van der Waals surface area contributed by atoms with Crippen molar-refractivity contribution in [2.45, 2.75) is 58.4 Å². The third-order valence-electron chi connectivity index (χ3n) is 9.41. The normalized spacial score (nSPS) is 25.1. The molecule has 2 aromatic heterocycles. The summed E-state index contributed by atoms with van der Waals surface area (Å²) in [6.45, 7) is 5.97. The lowest BCUT2D eigenvalue weighted by atomic mass is 9.90. The predicted molar refractivity (Wildman–Crippen MR) is 153 cm³/mol. The molecule has 4 heterocycles. The number of fused-ring (bicyclic) bond motifs is 1. The van der Waals surface area contributed by atoms with Gasteiger partial charge in [-0.1, -0.05) is 18.5 Å². The number of anilines is 1. The van der Waals surface area contributed by atoms with Gasteiger partial charge in [0.2, 0.25) is 11.9 Å². The van der Waals surface area contributed by atoms with Crippen LogP contribution in [0.3, 0.4) is 0 Å². The van der Waals surface area contributed by atoms with Crippen LogP contribution in [0.4, 0.5) is 10.3 Å². The number of nitrogens with zero attached hydrogens (tertiary/aromatic N) is 5. The molecule has 1 amide bonds. The van der Waals surface area contributed by atoms with Gasteiger partial charge in [0.05, 0.1) is 30.4 Å². The fourth-order valence-electron chi connectivity index (χ4n) is 6.91. The van der Waals surface area contributed by atoms with E-state index in [0.717, 1.165) is 56.6 Å². The Kier molecular flexibility index (Phi) is 7.89. The van der Waals surface area contributed by atoms with E-state index in [2.05, 4.69) is 32.4 Å². The molecule has 2 fully saturated rings. The first kappa shape index (κ1) is 27.3. The zero-order chi connectivity index (χ0) is 27.8. The van der Waals surface area contributed by atoms with E-state index in [-0.39, 0.29) is 24.1 Å². The smallest absolute Gasteiger partial charge is 0.227 e. The number of rotatable bonds is 8. The summed E-state index contributed by atoms with van der Waals surface area (Å²) in [5.74, 6) is 3.50. The molecule has 2 aromatic rings. The fraction of sp³-hybridized carbons (Fsp3) is 0.581. The average molecular weight is 568 g/mol. The van der Waals surface area contributed by atoms with Gasteiger partial charge in [-0.3, -0.25) is 4.79 Å². The maximum absolute atomic E-state index is 15.0. The molecule has 0 spiro atoms. The Morgan fingerprint density at radius 3 is 2.75 bits per heavy atom. The van der Waals surface area contributed by atoms with E-state index in [1.807, 2.05) is 18.1 Å². The molecule has 3 atom stereocenters. The molecule has 4 aliphatic rings. The summed E-state index contributed by atoms with van der Waals surface area (Å²) < 4.78 is 23.3. The molecule has 40 heavy (non-hydrogen) atoms. The van der Waals surface area contributed by atoms with Gasteiger partial charge in [0, 0.05) is 63.5 Å². The van der Waals surface area contributed by atoms with Crippen molar-refractivity contribution < 1.29 is 13.9 Å². The Morgan fingerprint density at radius 1 is 1.20 bits per heavy atom. The summed E-state index contributed by atoms with van der Waals surface area (Å²) >= 11 is 5.92. The number of amides is 1. The molecule has 1 unspecified atom stereocenters. The first-order valence-electron chi connectivity index (χ1n) is 14.7. The van der Waals surface area contributed by atoms with Gasteiger partial charge in [-0.2, -0.15) is 0 Å². The Bertz CT molecular complexity index is 1300. The van der Waals surface area contributed by atoms with Crippen LogP contribution in [0.2, 0.25) is 5.02 Å². The lowest BCUT2D eigenvalue weighted by Gasteiger charge is -2.32. The second-order valence-electron chi connectivity index (χ2n) is 12.1. The van der Waals surface area contributed by atoms with Crippen molar-refractivity contribution in [1.82, 2.24) is 19.4 Å². The standard InChI is InChI=1S/C31H39ClFN5O2/c1-20-13-24(15-30(39)38-11-6-28-23(19-38)3-8-36(28)2)27(33)16-29(20)40-12-7-22-14-26(22)21-4-9-37(10-5-21)31-34-17-25(32)18-35-31/h3,8,16-18,20-22,26H,4-7,9-15,19H2,1-2H3/t20?,22-,26-/m1/s1. The summed E-state index contributed by atoms with van der Waals surface area (Å²) in [4.78, 5) is 25.8. The summed E-state index contributed by atoms with van der Waals surface area (Å²) in [6, 6.07) is 2.08. The number of ether oxygens (including phenoxy) is 1. The molecule has 0 radical (unpaired) electrons. The van der Waals surface area contributed by atoms with E-state index in [9.17, 15) is 4.79 Å². The van der Waals surface area contributed by atoms with Gasteiger partial charge >= 0.3 is 0 Å². The molecule has 1 saturated carbocycles. The van der Waals surface area contributed by atoms with E-state index in [1.165, 1.54) is 23.8 Å². The Morgan fingerprint density at radius 2 is 1.98 bits per heavy atom. The minimum Gasteiger partial charge on any atom is -0.498 e. The minimum atomic E-state index is -0.292. The highest BCUT2D eigenvalue weighted by Crippen LogP contribution is 2.50. The van der Waals surface area contributed by atoms with Crippen LogP contribution in [-0.4, -0.2) is 51.6 Å². The first-order chi connectivity index (χ1) is 19.4. The zero-order valence-corrected chi connectivity index (χ0v) is 24.2. The summed E-state index contributed by atoms with van der Waals surface area (Å²) in [7, 11) is 2.04. The molecule has 7 nitrogen and oxygen atoms in total. The van der Waals surface area contributed by atoms with E-state index >= 15 is 4.39 Å². The molecule has 0 aromatic carbocycles. The lowest BCUT2D eigenvalue weighted by molar-refractivity contribution is -0.131. The van der Waals surface area contributed by atoms with Gasteiger partial charge < -0.3 is 19.1 Å². The molecular weight excluding hydrogens is 529 g/mol. The molecular formula is C31H39ClFN5O2. The van der Waals surface area contributed by atoms with Crippen LogP contribution >= 0.6 is 11.6 Å². The van der Waals surface area contributed by atoms with E-state index < -0.39 is 0 Å². The molecule has 2 aliphatic heterocycles. The number of carbonyl (C=O) groups is 1. The summed E-state index contributed by atoms with van der Waals surface area (Å²) in [6.07, 6.45) is 13.0. The molecule has 2 aliphatic carbocycles. The monoisotopic (exact) mass is 567 g/mol. The number of halogens is 2. The lowest BCUT2D eigenvalue weighted by Crippen LogP contribution is -2.36. The zero-order valence-electron chi connectivity index (χ0n) is 23.5. The SMILES string of the molecule is CC1CC(CC(=O)N2CCc3c(ccn3C)C2)=C(F)C=C1OCC[C@@H]1C[C@@H]1C1CCN(c2ncc(Cl)cn2)CC1. The van der Waals surface area contributed by atoms with Crippen molar-refractivity contribution in [2.24, 2.45) is 30.7 Å². The Hall–Kier alpha value is -2.87. The average Bonchev–Trinajstić information content (AvgIpc) is 3.64. The molecule has 1 saturated heterocycles. The number of hydrogen-bond donors (Lipinski definition) is 0. The van der Waals surface area contributed by atoms with Crippen molar-refractivity contribution in [3.05, 3.63) is 64.2 Å². The van der Waals surface area contributed by atoms with Crippen molar-refractivity contribution >= 4 is 23.5 Å².